The molecule has 4 N–H and O–H groups in total. The average molecular weight is 219 g/mol. The van der Waals surface area contributed by atoms with Crippen LogP contribution in [0.3, 0.4) is 0 Å². The molecule has 0 aliphatic carbocycles. The molecule has 0 saturated carbocycles. The number of H-pyrrole nitrogens is 2. The van der Waals surface area contributed by atoms with Gasteiger partial charge in [-0.25, -0.2) is 4.79 Å². The molecular formula is C10H9N3O3. The highest BCUT2D eigenvalue weighted by Gasteiger charge is 2.07. The summed E-state index contributed by atoms with van der Waals surface area (Å²) in [6, 6.07) is 6.01. The number of rotatable bonds is 2. The lowest BCUT2D eigenvalue weighted by molar-refractivity contribution is 0.102. The number of aromatic hydroxyl groups is 1. The summed E-state index contributed by atoms with van der Waals surface area (Å²) in [6.45, 7) is 0. The molecule has 0 spiro atoms. The molecule has 82 valence electrons. The predicted molar refractivity (Wildman–Crippen MR) is 57.5 cm³/mol. The van der Waals surface area contributed by atoms with Gasteiger partial charge < -0.3 is 20.4 Å². The van der Waals surface area contributed by atoms with E-state index in [1.165, 1.54) is 18.3 Å². The van der Waals surface area contributed by atoms with Crippen molar-refractivity contribution >= 4 is 11.6 Å². The standard InChI is InChI=1S/C10H9N3O3/c14-7-3-1-6(2-4-7)12-9(15)8-5-11-10(16)13-8/h1-5,14H,(H,12,15)(H2,11,13,16). The minimum Gasteiger partial charge on any atom is -0.508 e. The zero-order chi connectivity index (χ0) is 11.5. The lowest BCUT2D eigenvalue weighted by atomic mass is 10.3. The molecule has 6 nitrogen and oxygen atoms in total. The van der Waals surface area contributed by atoms with Crippen molar-refractivity contribution in [3.8, 4) is 5.75 Å². The van der Waals surface area contributed by atoms with Crippen LogP contribution in [0, 0.1) is 0 Å². The molecule has 0 fully saturated rings. The van der Waals surface area contributed by atoms with Gasteiger partial charge in [0.1, 0.15) is 11.4 Å². The molecule has 1 aromatic carbocycles. The fourth-order valence-electron chi connectivity index (χ4n) is 1.20. The third-order valence-electron chi connectivity index (χ3n) is 1.97. The van der Waals surface area contributed by atoms with Crippen molar-refractivity contribution in [1.29, 1.82) is 0 Å². The smallest absolute Gasteiger partial charge is 0.323 e. The summed E-state index contributed by atoms with van der Waals surface area (Å²) in [6.07, 6.45) is 1.29. The summed E-state index contributed by atoms with van der Waals surface area (Å²) in [4.78, 5) is 27.0. The summed E-state index contributed by atoms with van der Waals surface area (Å²) in [5.41, 5.74) is 0.249. The molecule has 2 rings (SSSR count). The Bertz CT molecular complexity index is 553. The van der Waals surface area contributed by atoms with Gasteiger partial charge in [0.25, 0.3) is 5.91 Å². The number of hydrogen-bond acceptors (Lipinski definition) is 3. The van der Waals surface area contributed by atoms with Crippen LogP contribution in [0.1, 0.15) is 10.5 Å². The Morgan fingerprint density at radius 3 is 2.50 bits per heavy atom. The van der Waals surface area contributed by atoms with Gasteiger partial charge in [0.2, 0.25) is 0 Å². The number of aromatic amines is 2. The normalized spacial score (nSPS) is 10.0. The van der Waals surface area contributed by atoms with Gasteiger partial charge in [-0.2, -0.15) is 0 Å². The first-order chi connectivity index (χ1) is 7.65. The molecular weight excluding hydrogens is 210 g/mol. The first kappa shape index (κ1) is 10.0. The maximum atomic E-state index is 11.5. The second kappa shape index (κ2) is 3.93. The number of carbonyl (C=O) groups is 1. The fourth-order valence-corrected chi connectivity index (χ4v) is 1.20. The molecule has 0 unspecified atom stereocenters. The Morgan fingerprint density at radius 2 is 1.94 bits per heavy atom. The molecule has 2 aromatic rings. The summed E-state index contributed by atoms with van der Waals surface area (Å²) >= 11 is 0. The predicted octanol–water partition coefficient (Wildman–Crippen LogP) is 0.661. The van der Waals surface area contributed by atoms with E-state index < -0.39 is 11.6 Å². The third kappa shape index (κ3) is 2.11. The van der Waals surface area contributed by atoms with Gasteiger partial charge in [0, 0.05) is 11.9 Å². The van der Waals surface area contributed by atoms with Gasteiger partial charge in [0.15, 0.2) is 0 Å². The number of carbonyl (C=O) groups excluding carboxylic acids is 1. The van der Waals surface area contributed by atoms with E-state index in [1.807, 2.05) is 0 Å². The first-order valence-corrected chi connectivity index (χ1v) is 4.53. The maximum absolute atomic E-state index is 11.5. The van der Waals surface area contributed by atoms with E-state index in [2.05, 4.69) is 15.3 Å². The molecule has 1 amide bonds. The van der Waals surface area contributed by atoms with Crippen molar-refractivity contribution in [2.75, 3.05) is 5.32 Å². The highest BCUT2D eigenvalue weighted by atomic mass is 16.3. The maximum Gasteiger partial charge on any atom is 0.323 e. The number of amides is 1. The number of anilines is 1. The SMILES string of the molecule is O=C(Nc1ccc(O)cc1)c1c[nH]c(=O)[nH]1. The number of benzene rings is 1. The van der Waals surface area contributed by atoms with E-state index in [-0.39, 0.29) is 11.4 Å². The zero-order valence-corrected chi connectivity index (χ0v) is 8.15. The van der Waals surface area contributed by atoms with E-state index in [0.717, 1.165) is 0 Å². The van der Waals surface area contributed by atoms with Gasteiger partial charge in [-0.1, -0.05) is 0 Å². The second-order valence-electron chi connectivity index (χ2n) is 3.16. The van der Waals surface area contributed by atoms with Crippen LogP contribution in [0.15, 0.2) is 35.3 Å². The largest absolute Gasteiger partial charge is 0.508 e. The monoisotopic (exact) mass is 219 g/mol. The summed E-state index contributed by atoms with van der Waals surface area (Å²) in [5.74, 6) is -0.308. The summed E-state index contributed by atoms with van der Waals surface area (Å²) in [5, 5.41) is 11.6. The second-order valence-corrected chi connectivity index (χ2v) is 3.16. The van der Waals surface area contributed by atoms with Crippen molar-refractivity contribution in [2.24, 2.45) is 0 Å². The fraction of sp³-hybridized carbons (Fsp3) is 0. The van der Waals surface area contributed by atoms with Gasteiger partial charge in [-0.3, -0.25) is 4.79 Å². The number of hydrogen-bond donors (Lipinski definition) is 4. The molecule has 0 saturated heterocycles. The van der Waals surface area contributed by atoms with Crippen LogP contribution in [0.5, 0.6) is 5.75 Å². The van der Waals surface area contributed by atoms with Gasteiger partial charge in [-0.05, 0) is 24.3 Å². The van der Waals surface area contributed by atoms with Crippen molar-refractivity contribution in [3.05, 3.63) is 46.6 Å². The van der Waals surface area contributed by atoms with E-state index in [4.69, 9.17) is 5.11 Å². The van der Waals surface area contributed by atoms with E-state index >= 15 is 0 Å². The van der Waals surface area contributed by atoms with Crippen LogP contribution in [0.4, 0.5) is 5.69 Å². The molecule has 0 aliphatic heterocycles. The minimum absolute atomic E-state index is 0.119. The van der Waals surface area contributed by atoms with Crippen LogP contribution >= 0.6 is 0 Å². The van der Waals surface area contributed by atoms with E-state index in [0.29, 0.717) is 5.69 Å². The molecule has 0 bridgehead atoms. The number of phenols is 1. The van der Waals surface area contributed by atoms with Crippen molar-refractivity contribution in [2.45, 2.75) is 0 Å². The van der Waals surface area contributed by atoms with Gasteiger partial charge in [-0.15, -0.1) is 0 Å². The molecule has 6 heteroatoms. The molecule has 0 atom stereocenters. The molecule has 16 heavy (non-hydrogen) atoms. The molecule has 0 aliphatic rings. The van der Waals surface area contributed by atoms with Crippen LogP contribution in [-0.2, 0) is 0 Å². The Kier molecular flexibility index (Phi) is 2.47. The number of imidazole rings is 1. The average Bonchev–Trinajstić information content (AvgIpc) is 2.68. The van der Waals surface area contributed by atoms with E-state index in [9.17, 15) is 9.59 Å². The first-order valence-electron chi connectivity index (χ1n) is 4.53. The third-order valence-corrected chi connectivity index (χ3v) is 1.97. The lowest BCUT2D eigenvalue weighted by Crippen LogP contribution is -2.13. The summed E-state index contributed by atoms with van der Waals surface area (Å²) < 4.78 is 0. The Hall–Kier alpha value is -2.50. The topological polar surface area (TPSA) is 98.0 Å². The number of nitrogens with one attached hydrogen (secondary N) is 3. The summed E-state index contributed by atoms with van der Waals surface area (Å²) in [7, 11) is 0. The van der Waals surface area contributed by atoms with Crippen molar-refractivity contribution in [3.63, 3.8) is 0 Å². The van der Waals surface area contributed by atoms with Crippen LogP contribution in [0.2, 0.25) is 0 Å². The highest BCUT2D eigenvalue weighted by molar-refractivity contribution is 6.02. The van der Waals surface area contributed by atoms with Crippen LogP contribution in [-0.4, -0.2) is 21.0 Å². The lowest BCUT2D eigenvalue weighted by Gasteiger charge is -2.02. The Balaban J connectivity index is 2.13. The van der Waals surface area contributed by atoms with Crippen molar-refractivity contribution < 1.29 is 9.90 Å². The minimum atomic E-state index is -0.434. The molecule has 0 radical (unpaired) electrons. The quantitative estimate of drug-likeness (QED) is 0.558. The molecule has 1 aromatic heterocycles. The Labute approximate surface area is 89.9 Å². The van der Waals surface area contributed by atoms with Crippen LogP contribution in [0.25, 0.3) is 0 Å². The number of phenolic OH excluding ortho intramolecular Hbond substituents is 1. The van der Waals surface area contributed by atoms with Gasteiger partial charge in [0.05, 0.1) is 0 Å². The van der Waals surface area contributed by atoms with E-state index in [1.54, 1.807) is 12.1 Å². The highest BCUT2D eigenvalue weighted by Crippen LogP contribution is 2.14. The Morgan fingerprint density at radius 1 is 1.25 bits per heavy atom. The van der Waals surface area contributed by atoms with Crippen LogP contribution < -0.4 is 11.0 Å². The van der Waals surface area contributed by atoms with Crippen molar-refractivity contribution in [1.82, 2.24) is 9.97 Å². The van der Waals surface area contributed by atoms with Gasteiger partial charge >= 0.3 is 5.69 Å². The zero-order valence-electron chi connectivity index (χ0n) is 8.15. The molecule has 1 heterocycles. The number of aromatic nitrogens is 2.